The van der Waals surface area contributed by atoms with Crippen LogP contribution in [0.15, 0.2) is 0 Å². The number of nitrogens with one attached hydrogen (secondary N) is 1. The lowest BCUT2D eigenvalue weighted by Gasteiger charge is -2.18. The van der Waals surface area contributed by atoms with E-state index in [1.165, 1.54) is 64.2 Å². The molecule has 2 nitrogen and oxygen atoms in total. The second kappa shape index (κ2) is 16.0. The molecule has 0 bridgehead atoms. The molecule has 0 aromatic carbocycles. The summed E-state index contributed by atoms with van der Waals surface area (Å²) in [5, 5.41) is 3.66. The maximum absolute atomic E-state index is 5.48. The zero-order valence-corrected chi connectivity index (χ0v) is 13.7. The highest BCUT2D eigenvalue weighted by molar-refractivity contribution is 4.66. The van der Waals surface area contributed by atoms with Crippen LogP contribution in [0.4, 0.5) is 0 Å². The lowest BCUT2D eigenvalue weighted by Crippen LogP contribution is -2.31. The minimum absolute atomic E-state index is 0.669. The Morgan fingerprint density at radius 2 is 1.47 bits per heavy atom. The zero-order valence-electron chi connectivity index (χ0n) is 13.7. The van der Waals surface area contributed by atoms with Crippen molar-refractivity contribution in [2.75, 3.05) is 19.8 Å². The van der Waals surface area contributed by atoms with E-state index >= 15 is 0 Å². The van der Waals surface area contributed by atoms with Crippen LogP contribution < -0.4 is 5.32 Å². The van der Waals surface area contributed by atoms with Gasteiger partial charge in [0.1, 0.15) is 0 Å². The largest absolute Gasteiger partial charge is 0.382 e. The first-order valence-corrected chi connectivity index (χ1v) is 8.66. The molecule has 0 aromatic rings. The van der Waals surface area contributed by atoms with Gasteiger partial charge in [0.25, 0.3) is 0 Å². The Balaban J connectivity index is 3.49. The summed E-state index contributed by atoms with van der Waals surface area (Å²) in [4.78, 5) is 0. The molecule has 0 rings (SSSR count). The van der Waals surface area contributed by atoms with Crippen LogP contribution in [0.3, 0.4) is 0 Å². The van der Waals surface area contributed by atoms with E-state index in [0.717, 1.165) is 19.8 Å². The van der Waals surface area contributed by atoms with Gasteiger partial charge in [-0.3, -0.25) is 0 Å². The molecule has 116 valence electrons. The van der Waals surface area contributed by atoms with E-state index in [2.05, 4.69) is 26.1 Å². The summed E-state index contributed by atoms with van der Waals surface area (Å²) in [5.41, 5.74) is 0. The molecule has 0 heterocycles. The molecule has 0 aromatic heterocycles. The molecule has 1 atom stereocenters. The van der Waals surface area contributed by atoms with Crippen molar-refractivity contribution in [2.45, 2.75) is 91.0 Å². The Morgan fingerprint density at radius 1 is 0.789 bits per heavy atom. The average Bonchev–Trinajstić information content (AvgIpc) is 2.43. The lowest BCUT2D eigenvalue weighted by molar-refractivity contribution is 0.135. The predicted octanol–water partition coefficient (Wildman–Crippen LogP) is 4.92. The van der Waals surface area contributed by atoms with E-state index in [1.807, 2.05) is 0 Å². The Kier molecular flexibility index (Phi) is 15.9. The minimum Gasteiger partial charge on any atom is -0.382 e. The van der Waals surface area contributed by atoms with Crippen LogP contribution in [-0.2, 0) is 4.74 Å². The molecule has 0 radical (unpaired) electrons. The van der Waals surface area contributed by atoms with Crippen molar-refractivity contribution in [3.8, 4) is 0 Å². The monoisotopic (exact) mass is 271 g/mol. The maximum Gasteiger partial charge on any atom is 0.0480 e. The van der Waals surface area contributed by atoms with E-state index in [4.69, 9.17) is 4.74 Å². The first kappa shape index (κ1) is 18.9. The van der Waals surface area contributed by atoms with Gasteiger partial charge in [-0.25, -0.2) is 0 Å². The molecule has 0 saturated heterocycles. The molecule has 0 spiro atoms. The van der Waals surface area contributed by atoms with Crippen LogP contribution in [0.25, 0.3) is 0 Å². The normalized spacial score (nSPS) is 12.8. The second-order valence-corrected chi connectivity index (χ2v) is 5.55. The fraction of sp³-hybridized carbons (Fsp3) is 1.00. The van der Waals surface area contributed by atoms with Gasteiger partial charge in [-0.1, -0.05) is 58.8 Å². The van der Waals surface area contributed by atoms with Crippen LogP contribution >= 0.6 is 0 Å². The van der Waals surface area contributed by atoms with Crippen molar-refractivity contribution >= 4 is 0 Å². The molecule has 0 aliphatic heterocycles. The molecule has 0 amide bonds. The molecule has 0 saturated carbocycles. The fourth-order valence-electron chi connectivity index (χ4n) is 2.41. The van der Waals surface area contributed by atoms with E-state index in [0.29, 0.717) is 6.04 Å². The van der Waals surface area contributed by atoms with Gasteiger partial charge in [0, 0.05) is 19.3 Å². The first-order chi connectivity index (χ1) is 9.35. The smallest absolute Gasteiger partial charge is 0.0480 e. The van der Waals surface area contributed by atoms with Crippen molar-refractivity contribution in [3.63, 3.8) is 0 Å². The Bertz CT molecular complexity index is 161. The standard InChI is InChI=1S/C17H37NO/c1-4-7-8-9-10-11-12-13-17(18-15-5-2)14-16-19-6-3/h17-18H,4-16H2,1-3H3. The molecular formula is C17H37NO. The van der Waals surface area contributed by atoms with Gasteiger partial charge in [0.15, 0.2) is 0 Å². The number of hydrogen-bond acceptors (Lipinski definition) is 2. The second-order valence-electron chi connectivity index (χ2n) is 5.55. The minimum atomic E-state index is 0.669. The van der Waals surface area contributed by atoms with Gasteiger partial charge in [-0.05, 0) is 32.7 Å². The van der Waals surface area contributed by atoms with E-state index in [9.17, 15) is 0 Å². The first-order valence-electron chi connectivity index (χ1n) is 8.66. The summed E-state index contributed by atoms with van der Waals surface area (Å²) in [5.74, 6) is 0. The molecule has 0 fully saturated rings. The van der Waals surface area contributed by atoms with Crippen molar-refractivity contribution in [1.82, 2.24) is 5.32 Å². The zero-order chi connectivity index (χ0) is 14.2. The number of ether oxygens (including phenoxy) is 1. The summed E-state index contributed by atoms with van der Waals surface area (Å²) in [7, 11) is 0. The number of unbranched alkanes of at least 4 members (excludes halogenated alkanes) is 6. The van der Waals surface area contributed by atoms with Gasteiger partial charge in [-0.2, -0.15) is 0 Å². The average molecular weight is 271 g/mol. The van der Waals surface area contributed by atoms with E-state index in [-0.39, 0.29) is 0 Å². The third-order valence-corrected chi connectivity index (χ3v) is 3.65. The highest BCUT2D eigenvalue weighted by Crippen LogP contribution is 2.11. The highest BCUT2D eigenvalue weighted by atomic mass is 16.5. The van der Waals surface area contributed by atoms with Crippen LogP contribution in [0.2, 0.25) is 0 Å². The lowest BCUT2D eigenvalue weighted by atomic mass is 10.0. The summed E-state index contributed by atoms with van der Waals surface area (Å²) in [6.07, 6.45) is 13.5. The molecule has 1 N–H and O–H groups in total. The molecular weight excluding hydrogens is 234 g/mol. The van der Waals surface area contributed by atoms with Gasteiger partial charge >= 0.3 is 0 Å². The molecule has 2 heteroatoms. The van der Waals surface area contributed by atoms with E-state index < -0.39 is 0 Å². The quantitative estimate of drug-likeness (QED) is 0.427. The summed E-state index contributed by atoms with van der Waals surface area (Å²) >= 11 is 0. The summed E-state index contributed by atoms with van der Waals surface area (Å²) < 4.78 is 5.48. The van der Waals surface area contributed by atoms with Gasteiger partial charge in [0.2, 0.25) is 0 Å². The van der Waals surface area contributed by atoms with Gasteiger partial charge < -0.3 is 10.1 Å². The molecule has 0 aliphatic rings. The SMILES string of the molecule is CCCCCCCCCC(CCOCC)NCCC. The van der Waals surface area contributed by atoms with Crippen molar-refractivity contribution < 1.29 is 4.74 Å². The maximum atomic E-state index is 5.48. The Labute approximate surface area is 121 Å². The van der Waals surface area contributed by atoms with E-state index in [1.54, 1.807) is 0 Å². The Morgan fingerprint density at radius 3 is 2.11 bits per heavy atom. The van der Waals surface area contributed by atoms with Crippen LogP contribution in [0.5, 0.6) is 0 Å². The van der Waals surface area contributed by atoms with Crippen molar-refractivity contribution in [1.29, 1.82) is 0 Å². The fourth-order valence-corrected chi connectivity index (χ4v) is 2.41. The van der Waals surface area contributed by atoms with Crippen molar-refractivity contribution in [2.24, 2.45) is 0 Å². The number of hydrogen-bond donors (Lipinski definition) is 1. The topological polar surface area (TPSA) is 21.3 Å². The Hall–Kier alpha value is -0.0800. The summed E-state index contributed by atoms with van der Waals surface area (Å²) in [6, 6.07) is 0.669. The molecule has 1 unspecified atom stereocenters. The number of rotatable bonds is 15. The molecule has 0 aliphatic carbocycles. The van der Waals surface area contributed by atoms with Gasteiger partial charge in [-0.15, -0.1) is 0 Å². The van der Waals surface area contributed by atoms with Crippen LogP contribution in [0.1, 0.15) is 85.0 Å². The van der Waals surface area contributed by atoms with Crippen LogP contribution in [-0.4, -0.2) is 25.8 Å². The predicted molar refractivity (Wildman–Crippen MR) is 85.8 cm³/mol. The van der Waals surface area contributed by atoms with Gasteiger partial charge in [0.05, 0.1) is 0 Å². The van der Waals surface area contributed by atoms with Crippen LogP contribution in [0, 0.1) is 0 Å². The highest BCUT2D eigenvalue weighted by Gasteiger charge is 2.07. The third-order valence-electron chi connectivity index (χ3n) is 3.65. The van der Waals surface area contributed by atoms with Crippen molar-refractivity contribution in [3.05, 3.63) is 0 Å². The molecule has 19 heavy (non-hydrogen) atoms. The third kappa shape index (κ3) is 14.1. The summed E-state index contributed by atoms with van der Waals surface area (Å²) in [6.45, 7) is 9.49.